The van der Waals surface area contributed by atoms with E-state index in [9.17, 15) is 19.0 Å². The number of aromatic hydroxyl groups is 1. The van der Waals surface area contributed by atoms with Gasteiger partial charge >= 0.3 is 0 Å². The number of phenols is 1. The highest BCUT2D eigenvalue weighted by atomic mass is 19.1. The van der Waals surface area contributed by atoms with E-state index in [-0.39, 0.29) is 34.6 Å². The number of aromatic nitrogens is 3. The average molecular weight is 411 g/mol. The smallest absolute Gasteiger partial charge is 0.137 e. The minimum Gasteiger partial charge on any atom is -0.508 e. The fraction of sp³-hybridized carbons (Fsp3) is 0.391. The molecule has 2 N–H and O–H groups in total. The van der Waals surface area contributed by atoms with Crippen LogP contribution in [-0.4, -0.2) is 25.0 Å². The zero-order valence-corrected chi connectivity index (χ0v) is 16.6. The molecule has 6 rings (SSSR count). The molecule has 2 unspecified atom stereocenters. The van der Waals surface area contributed by atoms with E-state index >= 15 is 0 Å². The number of rotatable bonds is 6. The third-order valence-corrected chi connectivity index (χ3v) is 7.45. The van der Waals surface area contributed by atoms with E-state index in [1.165, 1.54) is 35.0 Å². The van der Waals surface area contributed by atoms with Gasteiger partial charge in [-0.15, -0.1) is 0 Å². The number of nitrogens with zero attached hydrogens (tertiary/aromatic N) is 3. The summed E-state index contributed by atoms with van der Waals surface area (Å²) in [5.74, 6) is -1.48. The fourth-order valence-electron chi connectivity index (χ4n) is 5.81. The van der Waals surface area contributed by atoms with E-state index in [0.29, 0.717) is 0 Å². The summed E-state index contributed by atoms with van der Waals surface area (Å²) in [5, 5.41) is 25.5. The first-order valence-electron chi connectivity index (χ1n) is 10.1. The maximum Gasteiger partial charge on any atom is 0.137 e. The lowest BCUT2D eigenvalue weighted by Gasteiger charge is -2.75. The highest BCUT2D eigenvalue weighted by Crippen LogP contribution is 2.78. The molecule has 0 aliphatic heterocycles. The van der Waals surface area contributed by atoms with E-state index in [1.807, 2.05) is 19.1 Å². The second kappa shape index (κ2) is 6.35. The topological polar surface area (TPSA) is 71.2 Å². The van der Waals surface area contributed by atoms with Gasteiger partial charge in [0.05, 0.1) is 6.54 Å². The molecule has 3 fully saturated rings. The SMILES string of the molecule is CC(C12CC(c3ccc(O)cc3)(C1)C2)C(O)(Cn1cncn1)c1ccc(F)cc1F. The molecule has 5 nitrogen and oxygen atoms in total. The minimum absolute atomic E-state index is 0.0324. The fourth-order valence-corrected chi connectivity index (χ4v) is 5.81. The molecule has 2 aromatic carbocycles. The molecule has 3 aromatic rings. The van der Waals surface area contributed by atoms with Gasteiger partial charge in [0.15, 0.2) is 0 Å². The Kier molecular flexibility index (Phi) is 4.06. The Bertz CT molecular complexity index is 1060. The summed E-state index contributed by atoms with van der Waals surface area (Å²) < 4.78 is 29.8. The summed E-state index contributed by atoms with van der Waals surface area (Å²) in [6, 6.07) is 10.6. The van der Waals surface area contributed by atoms with Gasteiger partial charge in [0, 0.05) is 11.6 Å². The molecule has 3 aliphatic carbocycles. The monoisotopic (exact) mass is 411 g/mol. The Morgan fingerprint density at radius 1 is 1.13 bits per heavy atom. The average Bonchev–Trinajstić information content (AvgIpc) is 3.13. The largest absolute Gasteiger partial charge is 0.508 e. The second-order valence-electron chi connectivity index (χ2n) is 9.08. The Balaban J connectivity index is 1.46. The van der Waals surface area contributed by atoms with Crippen molar-refractivity contribution in [1.29, 1.82) is 0 Å². The zero-order chi connectivity index (χ0) is 21.1. The molecule has 7 heteroatoms. The second-order valence-corrected chi connectivity index (χ2v) is 9.08. The van der Waals surface area contributed by atoms with Gasteiger partial charge in [-0.2, -0.15) is 5.10 Å². The predicted octanol–water partition coefficient (Wildman–Crippen LogP) is 3.91. The maximum absolute atomic E-state index is 14.8. The van der Waals surface area contributed by atoms with Crippen LogP contribution in [0.4, 0.5) is 8.78 Å². The van der Waals surface area contributed by atoms with Gasteiger partial charge in [-0.25, -0.2) is 18.4 Å². The molecule has 3 aliphatic rings. The van der Waals surface area contributed by atoms with Gasteiger partial charge in [-0.1, -0.05) is 25.1 Å². The predicted molar refractivity (Wildman–Crippen MR) is 106 cm³/mol. The molecule has 1 heterocycles. The lowest BCUT2D eigenvalue weighted by atomic mass is 9.29. The van der Waals surface area contributed by atoms with Crippen LogP contribution < -0.4 is 0 Å². The first kappa shape index (κ1) is 19.2. The van der Waals surface area contributed by atoms with Gasteiger partial charge in [-0.3, -0.25) is 0 Å². The molecule has 3 saturated carbocycles. The van der Waals surface area contributed by atoms with Crippen molar-refractivity contribution in [2.75, 3.05) is 0 Å². The molecule has 30 heavy (non-hydrogen) atoms. The van der Waals surface area contributed by atoms with Crippen molar-refractivity contribution >= 4 is 0 Å². The van der Waals surface area contributed by atoms with E-state index < -0.39 is 17.2 Å². The molecule has 0 radical (unpaired) electrons. The van der Waals surface area contributed by atoms with E-state index in [1.54, 1.807) is 12.1 Å². The number of halogens is 2. The zero-order valence-electron chi connectivity index (χ0n) is 16.6. The number of benzene rings is 2. The van der Waals surface area contributed by atoms with Crippen molar-refractivity contribution in [2.24, 2.45) is 11.3 Å². The quantitative estimate of drug-likeness (QED) is 0.645. The van der Waals surface area contributed by atoms with E-state index in [0.717, 1.165) is 25.3 Å². The van der Waals surface area contributed by atoms with Crippen molar-refractivity contribution in [3.63, 3.8) is 0 Å². The molecule has 0 amide bonds. The van der Waals surface area contributed by atoms with Crippen LogP contribution in [0, 0.1) is 23.0 Å². The molecule has 0 saturated heterocycles. The Labute approximate surface area is 173 Å². The molecular weight excluding hydrogens is 388 g/mol. The molecule has 0 spiro atoms. The first-order chi connectivity index (χ1) is 14.3. The van der Waals surface area contributed by atoms with Crippen LogP contribution in [-0.2, 0) is 17.6 Å². The van der Waals surface area contributed by atoms with Crippen LogP contribution in [0.15, 0.2) is 55.1 Å². The van der Waals surface area contributed by atoms with Crippen molar-refractivity contribution in [2.45, 2.75) is 43.7 Å². The molecule has 1 aromatic heterocycles. The standard InChI is InChI=1S/C23H23F2N3O2/c1-15(21-9-22(10-21,11-21)16-2-5-18(29)6-3-16)23(30,12-28-14-26-13-27-28)19-7-4-17(24)8-20(19)25/h2-8,13-15,29-30H,9-12H2,1H3. The Hall–Kier alpha value is -2.80. The van der Waals surface area contributed by atoms with Gasteiger partial charge in [0.1, 0.15) is 35.6 Å². The molecule has 2 bridgehead atoms. The number of phenolic OH excluding ortho intramolecular Hbond substituents is 1. The summed E-state index contributed by atoms with van der Waals surface area (Å²) in [6.07, 6.45) is 5.50. The van der Waals surface area contributed by atoms with Crippen LogP contribution in [0.5, 0.6) is 5.75 Å². The van der Waals surface area contributed by atoms with Crippen molar-refractivity contribution in [1.82, 2.24) is 14.8 Å². The van der Waals surface area contributed by atoms with Crippen LogP contribution in [0.3, 0.4) is 0 Å². The van der Waals surface area contributed by atoms with Gasteiger partial charge in [0.2, 0.25) is 0 Å². The van der Waals surface area contributed by atoms with Crippen LogP contribution in [0.1, 0.15) is 37.3 Å². The van der Waals surface area contributed by atoms with Crippen molar-refractivity contribution in [3.05, 3.63) is 77.9 Å². The molecule has 156 valence electrons. The number of hydrogen-bond donors (Lipinski definition) is 2. The van der Waals surface area contributed by atoms with Gasteiger partial charge in [0.25, 0.3) is 0 Å². The highest BCUT2D eigenvalue weighted by Gasteiger charge is 2.72. The lowest BCUT2D eigenvalue weighted by Crippen LogP contribution is -2.70. The maximum atomic E-state index is 14.8. The van der Waals surface area contributed by atoms with Crippen LogP contribution >= 0.6 is 0 Å². The third kappa shape index (κ3) is 2.68. The number of aliphatic hydroxyl groups is 1. The van der Waals surface area contributed by atoms with Crippen LogP contribution in [0.2, 0.25) is 0 Å². The lowest BCUT2D eigenvalue weighted by molar-refractivity contribution is -0.231. The molecular formula is C23H23F2N3O2. The highest BCUT2D eigenvalue weighted by molar-refractivity contribution is 5.42. The number of hydrogen-bond acceptors (Lipinski definition) is 4. The van der Waals surface area contributed by atoms with E-state index in [2.05, 4.69) is 10.1 Å². The van der Waals surface area contributed by atoms with Crippen molar-refractivity contribution in [3.8, 4) is 5.75 Å². The van der Waals surface area contributed by atoms with Gasteiger partial charge < -0.3 is 10.2 Å². The normalized spacial score (nSPS) is 27.6. The first-order valence-corrected chi connectivity index (χ1v) is 10.1. The summed E-state index contributed by atoms with van der Waals surface area (Å²) >= 11 is 0. The van der Waals surface area contributed by atoms with Gasteiger partial charge in [-0.05, 0) is 59.8 Å². The van der Waals surface area contributed by atoms with E-state index in [4.69, 9.17) is 0 Å². The third-order valence-electron chi connectivity index (χ3n) is 7.45. The Morgan fingerprint density at radius 2 is 1.83 bits per heavy atom. The minimum atomic E-state index is -1.56. The Morgan fingerprint density at radius 3 is 2.43 bits per heavy atom. The summed E-state index contributed by atoms with van der Waals surface area (Å²) in [6.45, 7) is 1.98. The van der Waals surface area contributed by atoms with Crippen LogP contribution in [0.25, 0.3) is 0 Å². The summed E-state index contributed by atoms with van der Waals surface area (Å²) in [4.78, 5) is 3.93. The summed E-state index contributed by atoms with van der Waals surface area (Å²) in [5.41, 5.74) is -0.379. The van der Waals surface area contributed by atoms with Crippen molar-refractivity contribution < 1.29 is 19.0 Å². The molecule has 2 atom stereocenters. The summed E-state index contributed by atoms with van der Waals surface area (Å²) in [7, 11) is 0.